The molecule has 1 heterocycles. The van der Waals surface area contributed by atoms with Gasteiger partial charge in [-0.3, -0.25) is 19.7 Å². The Balaban J connectivity index is 0.000000215. The van der Waals surface area contributed by atoms with Crippen molar-refractivity contribution in [2.75, 3.05) is 41.7 Å². The summed E-state index contributed by atoms with van der Waals surface area (Å²) in [5.74, 6) is 1.12. The smallest absolute Gasteiger partial charge is 0.293 e. The summed E-state index contributed by atoms with van der Waals surface area (Å²) in [4.78, 5) is 36.5. The van der Waals surface area contributed by atoms with Crippen molar-refractivity contribution in [2.45, 2.75) is 51.0 Å². The summed E-state index contributed by atoms with van der Waals surface area (Å²) in [5, 5.41) is 10.7. The van der Waals surface area contributed by atoms with E-state index in [0.717, 1.165) is 28.9 Å². The van der Waals surface area contributed by atoms with Gasteiger partial charge in [0.1, 0.15) is 40.4 Å². The minimum absolute atomic E-state index is 0.0223. The van der Waals surface area contributed by atoms with E-state index in [2.05, 4.69) is 13.0 Å². The zero-order valence-electron chi connectivity index (χ0n) is 29.9. The number of aryl methyl sites for hydroxylation is 2. The highest BCUT2D eigenvalue weighted by Crippen LogP contribution is 2.39. The van der Waals surface area contributed by atoms with E-state index in [1.165, 1.54) is 12.1 Å². The first-order valence-corrected chi connectivity index (χ1v) is 18.3. The zero-order chi connectivity index (χ0) is 39.2. The van der Waals surface area contributed by atoms with E-state index in [0.29, 0.717) is 24.7 Å². The van der Waals surface area contributed by atoms with Gasteiger partial charge in [0.05, 0.1) is 35.0 Å². The van der Waals surface area contributed by atoms with E-state index in [4.69, 9.17) is 66.3 Å². The summed E-state index contributed by atoms with van der Waals surface area (Å²) in [6.45, 7) is 8.90. The molecule has 11 nitrogen and oxygen atoms in total. The van der Waals surface area contributed by atoms with Crippen LogP contribution >= 0.6 is 46.4 Å². The SMILES string of the molecule is CC1COc2ccccc2N1C(=O)C(Cl)Cl.CCc1cccc(C)c1N(C(=O)CCl)C(C)COC.Nc1c([N+](=O)[O-])ccc(Oc2ccccc2)c1Cl. The summed E-state index contributed by atoms with van der Waals surface area (Å²) in [7, 11) is 1.64. The fourth-order valence-corrected chi connectivity index (χ4v) is 6.02. The molecule has 0 spiro atoms. The number of nitrogens with two attached hydrogens (primary N) is 1. The topological polar surface area (TPSA) is 137 Å². The number of nitrogens with zero attached hydrogens (tertiary/aromatic N) is 3. The summed E-state index contributed by atoms with van der Waals surface area (Å²) in [6.07, 6.45) is 0.878. The maximum absolute atomic E-state index is 12.2. The number of carbonyl (C=O) groups is 2. The Morgan fingerprint density at radius 2 is 1.72 bits per heavy atom. The molecule has 2 unspecified atom stereocenters. The maximum atomic E-state index is 12.2. The van der Waals surface area contributed by atoms with E-state index in [1.807, 2.05) is 63.2 Å². The number of carbonyl (C=O) groups excluding carboxylic acids is 2. The Bertz CT molecular complexity index is 1850. The molecule has 0 radical (unpaired) electrons. The molecule has 2 N–H and O–H groups in total. The van der Waals surface area contributed by atoms with Crippen LogP contribution in [-0.2, 0) is 20.7 Å². The average molecular weight is 809 g/mol. The second kappa shape index (κ2) is 20.8. The predicted octanol–water partition coefficient (Wildman–Crippen LogP) is 9.39. The molecule has 15 heteroatoms. The number of rotatable bonds is 10. The highest BCUT2D eigenvalue weighted by Gasteiger charge is 2.32. The average Bonchev–Trinajstić information content (AvgIpc) is 3.14. The standard InChI is InChI=1S/C15H22ClNO2.C12H9ClN2O3.C11H11Cl2NO2/c1-5-13-8-6-7-11(2)15(13)17(14(18)9-16)12(3)10-19-4;13-11-10(18-8-4-2-1-3-5-8)7-6-9(12(11)14)15(16)17;1-7-6-16-9-5-3-2-4-8(9)14(7)11(15)10(12)13/h6-8,12H,5,9-10H2,1-4H3;1-7H,14H2;2-5,7,10H,6H2,1H3. The highest BCUT2D eigenvalue weighted by molar-refractivity contribution is 6.54. The lowest BCUT2D eigenvalue weighted by Gasteiger charge is -2.35. The molecule has 0 fully saturated rings. The Labute approximate surface area is 329 Å². The molecule has 284 valence electrons. The molecule has 0 bridgehead atoms. The molecule has 0 aromatic heterocycles. The van der Waals surface area contributed by atoms with Crippen molar-refractivity contribution in [1.29, 1.82) is 0 Å². The molecule has 0 saturated carbocycles. The van der Waals surface area contributed by atoms with Gasteiger partial charge in [-0.05, 0) is 68.7 Å². The Kier molecular flexibility index (Phi) is 17.0. The molecule has 2 atom stereocenters. The van der Waals surface area contributed by atoms with Gasteiger partial charge in [0.2, 0.25) is 5.91 Å². The monoisotopic (exact) mass is 806 g/mol. The van der Waals surface area contributed by atoms with Gasteiger partial charge in [-0.1, -0.05) is 90.3 Å². The van der Waals surface area contributed by atoms with Crippen LogP contribution in [0, 0.1) is 17.0 Å². The van der Waals surface area contributed by atoms with Crippen LogP contribution in [-0.4, -0.2) is 59.9 Å². The fourth-order valence-electron chi connectivity index (χ4n) is 5.48. The zero-order valence-corrected chi connectivity index (χ0v) is 33.0. The summed E-state index contributed by atoms with van der Waals surface area (Å²) >= 11 is 22.9. The van der Waals surface area contributed by atoms with Gasteiger partial charge in [0.15, 0.2) is 4.84 Å². The number of ether oxygens (including phenoxy) is 3. The summed E-state index contributed by atoms with van der Waals surface area (Å²) in [6, 6.07) is 24.9. The van der Waals surface area contributed by atoms with Gasteiger partial charge in [-0.15, -0.1) is 11.6 Å². The third kappa shape index (κ3) is 11.4. The summed E-state index contributed by atoms with van der Waals surface area (Å²) in [5.41, 5.74) is 9.18. The lowest BCUT2D eigenvalue weighted by Crippen LogP contribution is -2.47. The number of para-hydroxylation sites is 4. The van der Waals surface area contributed by atoms with Gasteiger partial charge in [0, 0.05) is 13.2 Å². The second-order valence-electron chi connectivity index (χ2n) is 11.8. The normalized spacial score (nSPS) is 13.6. The van der Waals surface area contributed by atoms with Gasteiger partial charge >= 0.3 is 0 Å². The number of methoxy groups -OCH3 is 1. The number of nitro groups is 1. The quantitative estimate of drug-likeness (QED) is 0.0725. The van der Waals surface area contributed by atoms with Crippen LogP contribution < -0.4 is 25.0 Å². The molecule has 4 aromatic rings. The van der Waals surface area contributed by atoms with E-state index in [9.17, 15) is 19.7 Å². The number of hydrogen-bond donors (Lipinski definition) is 1. The van der Waals surface area contributed by atoms with Crippen molar-refractivity contribution < 1.29 is 28.7 Å². The lowest BCUT2D eigenvalue weighted by atomic mass is 10.0. The van der Waals surface area contributed by atoms with Crippen LogP contribution in [0.5, 0.6) is 17.2 Å². The minimum atomic E-state index is -1.05. The van der Waals surface area contributed by atoms with E-state index in [1.54, 1.807) is 41.2 Å². The number of hydrogen-bond acceptors (Lipinski definition) is 8. The second-order valence-corrected chi connectivity index (χ2v) is 13.5. The number of nitrogen functional groups attached to an aromatic ring is 1. The fraction of sp³-hybridized carbons (Fsp3) is 0.316. The number of amides is 2. The molecular weight excluding hydrogens is 766 g/mol. The van der Waals surface area contributed by atoms with Crippen LogP contribution in [0.4, 0.5) is 22.7 Å². The van der Waals surface area contributed by atoms with Crippen molar-refractivity contribution in [3.8, 4) is 17.2 Å². The van der Waals surface area contributed by atoms with E-state index in [-0.39, 0.29) is 51.9 Å². The van der Waals surface area contributed by atoms with Gasteiger partial charge < -0.3 is 29.7 Å². The number of halogens is 4. The Morgan fingerprint density at radius 1 is 1.06 bits per heavy atom. The number of anilines is 3. The molecule has 1 aliphatic heterocycles. The maximum Gasteiger partial charge on any atom is 0.293 e. The Hall–Kier alpha value is -4.26. The van der Waals surface area contributed by atoms with Crippen LogP contribution in [0.15, 0.2) is 84.9 Å². The number of alkyl halides is 3. The first-order valence-electron chi connectivity index (χ1n) is 16.5. The lowest BCUT2D eigenvalue weighted by molar-refractivity contribution is -0.383. The van der Waals surface area contributed by atoms with Crippen LogP contribution in [0.25, 0.3) is 0 Å². The van der Waals surface area contributed by atoms with Gasteiger partial charge in [-0.2, -0.15) is 0 Å². The van der Waals surface area contributed by atoms with Gasteiger partial charge in [0.25, 0.3) is 11.6 Å². The molecule has 53 heavy (non-hydrogen) atoms. The molecule has 0 aliphatic carbocycles. The number of fused-ring (bicyclic) bond motifs is 1. The van der Waals surface area contributed by atoms with Gasteiger partial charge in [-0.25, -0.2) is 0 Å². The van der Waals surface area contributed by atoms with Crippen molar-refractivity contribution >= 4 is 81.0 Å². The minimum Gasteiger partial charge on any atom is -0.489 e. The first kappa shape index (κ1) is 43.1. The summed E-state index contributed by atoms with van der Waals surface area (Å²) < 4.78 is 16.2. The van der Waals surface area contributed by atoms with Crippen molar-refractivity contribution in [1.82, 2.24) is 0 Å². The van der Waals surface area contributed by atoms with Crippen molar-refractivity contribution in [2.24, 2.45) is 0 Å². The Morgan fingerprint density at radius 3 is 2.32 bits per heavy atom. The van der Waals surface area contributed by atoms with Crippen LogP contribution in [0.3, 0.4) is 0 Å². The molecule has 4 aromatic carbocycles. The molecule has 5 rings (SSSR count). The largest absolute Gasteiger partial charge is 0.489 e. The third-order valence-electron chi connectivity index (χ3n) is 7.93. The van der Waals surface area contributed by atoms with E-state index < -0.39 is 9.76 Å². The third-order valence-corrected chi connectivity index (χ3v) is 8.93. The highest BCUT2D eigenvalue weighted by atomic mass is 35.5. The van der Waals surface area contributed by atoms with Crippen molar-refractivity contribution in [3.63, 3.8) is 0 Å². The molecular formula is C38H42Cl4N4O7. The number of benzene rings is 4. The van der Waals surface area contributed by atoms with Crippen LogP contribution in [0.2, 0.25) is 5.02 Å². The number of nitro benzene ring substituents is 1. The molecule has 0 saturated heterocycles. The molecule has 1 aliphatic rings. The first-order chi connectivity index (χ1) is 25.3. The van der Waals surface area contributed by atoms with Crippen molar-refractivity contribution in [3.05, 3.63) is 111 Å². The van der Waals surface area contributed by atoms with E-state index >= 15 is 0 Å². The van der Waals surface area contributed by atoms with Crippen LogP contribution in [0.1, 0.15) is 31.9 Å². The predicted molar refractivity (Wildman–Crippen MR) is 214 cm³/mol. The molecule has 2 amide bonds.